The first kappa shape index (κ1) is 16.0. The van der Waals surface area contributed by atoms with Crippen LogP contribution in [0.4, 0.5) is 17.3 Å². The van der Waals surface area contributed by atoms with Crippen LogP contribution in [0, 0.1) is 13.8 Å². The van der Waals surface area contributed by atoms with Crippen molar-refractivity contribution in [1.82, 2.24) is 14.9 Å². The van der Waals surface area contributed by atoms with Crippen LogP contribution in [0.25, 0.3) is 0 Å². The summed E-state index contributed by atoms with van der Waals surface area (Å²) < 4.78 is 0. The molecule has 1 aromatic carbocycles. The lowest BCUT2D eigenvalue weighted by Crippen LogP contribution is -2.44. The van der Waals surface area contributed by atoms with Crippen LogP contribution in [0.5, 0.6) is 0 Å². The van der Waals surface area contributed by atoms with Gasteiger partial charge in [-0.2, -0.15) is 0 Å². The Balaban J connectivity index is 1.84. The normalized spacial score (nSPS) is 15.7. The summed E-state index contributed by atoms with van der Waals surface area (Å²) in [6.45, 7) is 8.06. The van der Waals surface area contributed by atoms with Crippen molar-refractivity contribution < 1.29 is 0 Å². The lowest BCUT2D eigenvalue weighted by atomic mass is 10.2. The minimum Gasteiger partial charge on any atom is -0.354 e. The third-order valence-electron chi connectivity index (χ3n) is 4.11. The molecule has 1 fully saturated rings. The van der Waals surface area contributed by atoms with Crippen molar-refractivity contribution in [3.63, 3.8) is 0 Å². The highest BCUT2D eigenvalue weighted by molar-refractivity contribution is 6.30. The molecule has 0 amide bonds. The molecule has 0 atom stereocenters. The van der Waals surface area contributed by atoms with Crippen LogP contribution in [0.15, 0.2) is 24.3 Å². The zero-order valence-corrected chi connectivity index (χ0v) is 14.6. The van der Waals surface area contributed by atoms with Crippen LogP contribution in [-0.2, 0) is 0 Å². The summed E-state index contributed by atoms with van der Waals surface area (Å²) in [5.41, 5.74) is 2.10. The first-order valence-electron chi connectivity index (χ1n) is 7.83. The highest BCUT2D eigenvalue weighted by Gasteiger charge is 2.16. The number of likely N-dealkylation sites (N-methyl/N-ethyl adjacent to an activating group) is 1. The maximum absolute atomic E-state index is 6.10. The Labute approximate surface area is 142 Å². The zero-order valence-electron chi connectivity index (χ0n) is 13.8. The lowest BCUT2D eigenvalue weighted by molar-refractivity contribution is 0.312. The zero-order chi connectivity index (χ0) is 16.4. The quantitative estimate of drug-likeness (QED) is 0.935. The fourth-order valence-corrected chi connectivity index (χ4v) is 2.85. The van der Waals surface area contributed by atoms with E-state index in [4.69, 9.17) is 11.6 Å². The van der Waals surface area contributed by atoms with Crippen LogP contribution in [0.3, 0.4) is 0 Å². The van der Waals surface area contributed by atoms with E-state index in [0.29, 0.717) is 5.02 Å². The Hall–Kier alpha value is -1.85. The second kappa shape index (κ2) is 6.72. The van der Waals surface area contributed by atoms with Crippen molar-refractivity contribution in [3.05, 3.63) is 40.7 Å². The van der Waals surface area contributed by atoms with Gasteiger partial charge in [0, 0.05) is 43.0 Å². The summed E-state index contributed by atoms with van der Waals surface area (Å²) in [6.07, 6.45) is 0. The van der Waals surface area contributed by atoms with Gasteiger partial charge in [0.05, 0.1) is 0 Å². The number of piperazine rings is 1. The number of benzene rings is 1. The number of aromatic nitrogens is 2. The molecule has 122 valence electrons. The summed E-state index contributed by atoms with van der Waals surface area (Å²) in [5, 5.41) is 4.08. The van der Waals surface area contributed by atoms with E-state index in [1.165, 1.54) is 0 Å². The van der Waals surface area contributed by atoms with E-state index in [9.17, 15) is 0 Å². The fourth-order valence-electron chi connectivity index (χ4n) is 2.68. The number of rotatable bonds is 3. The third-order valence-corrected chi connectivity index (χ3v) is 4.35. The molecule has 1 saturated heterocycles. The molecular weight excluding hydrogens is 310 g/mol. The van der Waals surface area contributed by atoms with E-state index >= 15 is 0 Å². The largest absolute Gasteiger partial charge is 0.354 e. The first-order valence-corrected chi connectivity index (χ1v) is 8.21. The van der Waals surface area contributed by atoms with Crippen molar-refractivity contribution in [2.45, 2.75) is 13.8 Å². The monoisotopic (exact) mass is 331 g/mol. The van der Waals surface area contributed by atoms with Crippen LogP contribution in [0.1, 0.15) is 11.4 Å². The second-order valence-corrected chi connectivity index (χ2v) is 6.47. The summed E-state index contributed by atoms with van der Waals surface area (Å²) >= 11 is 6.10. The molecule has 3 rings (SSSR count). The Morgan fingerprint density at radius 2 is 1.78 bits per heavy atom. The molecule has 0 saturated carbocycles. The van der Waals surface area contributed by atoms with Crippen molar-refractivity contribution >= 4 is 28.9 Å². The lowest BCUT2D eigenvalue weighted by Gasteiger charge is -2.33. The minimum absolute atomic E-state index is 0.711. The molecule has 23 heavy (non-hydrogen) atoms. The van der Waals surface area contributed by atoms with Gasteiger partial charge in [-0.05, 0) is 38.6 Å². The van der Waals surface area contributed by atoms with Crippen LogP contribution >= 0.6 is 11.6 Å². The molecular formula is C17H22ClN5. The van der Waals surface area contributed by atoms with Gasteiger partial charge in [0.2, 0.25) is 0 Å². The van der Waals surface area contributed by atoms with Crippen LogP contribution < -0.4 is 10.2 Å². The summed E-state index contributed by atoms with van der Waals surface area (Å²) in [7, 11) is 2.15. The number of halogens is 1. The highest BCUT2D eigenvalue weighted by Crippen LogP contribution is 2.25. The average Bonchev–Trinajstić information content (AvgIpc) is 2.51. The maximum Gasteiger partial charge on any atom is 0.136 e. The van der Waals surface area contributed by atoms with Crippen LogP contribution in [-0.4, -0.2) is 48.1 Å². The minimum atomic E-state index is 0.711. The summed E-state index contributed by atoms with van der Waals surface area (Å²) in [6, 6.07) is 7.82. The predicted octanol–water partition coefficient (Wildman–Crippen LogP) is 3.24. The molecule has 0 spiro atoms. The number of hydrogen-bond donors (Lipinski definition) is 1. The van der Waals surface area contributed by atoms with E-state index < -0.39 is 0 Å². The number of hydrogen-bond acceptors (Lipinski definition) is 5. The molecule has 6 heteroatoms. The van der Waals surface area contributed by atoms with Crippen molar-refractivity contribution in [2.24, 2.45) is 0 Å². The predicted molar refractivity (Wildman–Crippen MR) is 96.0 cm³/mol. The molecule has 2 heterocycles. The van der Waals surface area contributed by atoms with Gasteiger partial charge >= 0.3 is 0 Å². The number of nitrogens with one attached hydrogen (secondary N) is 1. The molecule has 1 aromatic heterocycles. The van der Waals surface area contributed by atoms with E-state index in [1.807, 2.05) is 38.1 Å². The molecule has 1 aliphatic heterocycles. The van der Waals surface area contributed by atoms with Crippen molar-refractivity contribution in [3.8, 4) is 0 Å². The SMILES string of the molecule is Cc1nc(Nc2cc(Cl)ccc2C)cc(N2CCN(C)CC2)n1. The Kier molecular flexibility index (Phi) is 4.68. The third kappa shape index (κ3) is 3.92. The van der Waals surface area contributed by atoms with Gasteiger partial charge in [0.15, 0.2) is 0 Å². The van der Waals surface area contributed by atoms with Gasteiger partial charge in [-0.25, -0.2) is 9.97 Å². The maximum atomic E-state index is 6.10. The van der Waals surface area contributed by atoms with Crippen LogP contribution in [0.2, 0.25) is 5.02 Å². The van der Waals surface area contributed by atoms with E-state index in [2.05, 4.69) is 32.1 Å². The molecule has 2 aromatic rings. The number of anilines is 3. The van der Waals surface area contributed by atoms with E-state index in [0.717, 1.165) is 54.9 Å². The van der Waals surface area contributed by atoms with E-state index in [1.54, 1.807) is 0 Å². The molecule has 1 N–H and O–H groups in total. The van der Waals surface area contributed by atoms with Gasteiger partial charge < -0.3 is 15.1 Å². The Morgan fingerprint density at radius 1 is 1.04 bits per heavy atom. The van der Waals surface area contributed by atoms with Crippen molar-refractivity contribution in [1.29, 1.82) is 0 Å². The van der Waals surface area contributed by atoms with Gasteiger partial charge in [-0.3, -0.25) is 0 Å². The molecule has 0 bridgehead atoms. The van der Waals surface area contributed by atoms with E-state index in [-0.39, 0.29) is 0 Å². The smallest absolute Gasteiger partial charge is 0.136 e. The topological polar surface area (TPSA) is 44.3 Å². The Bertz CT molecular complexity index is 695. The van der Waals surface area contributed by atoms with Gasteiger partial charge in [-0.15, -0.1) is 0 Å². The standard InChI is InChI=1S/C17H22ClN5/c1-12-4-5-14(18)10-15(12)21-16-11-17(20-13(2)19-16)23-8-6-22(3)7-9-23/h4-5,10-11H,6-9H2,1-3H3,(H,19,20,21). The molecule has 0 radical (unpaired) electrons. The molecule has 5 nitrogen and oxygen atoms in total. The Morgan fingerprint density at radius 3 is 2.52 bits per heavy atom. The summed E-state index contributed by atoms with van der Waals surface area (Å²) in [4.78, 5) is 13.7. The molecule has 1 aliphatic rings. The average molecular weight is 332 g/mol. The number of nitrogens with zero attached hydrogens (tertiary/aromatic N) is 4. The fraction of sp³-hybridized carbons (Fsp3) is 0.412. The highest BCUT2D eigenvalue weighted by atomic mass is 35.5. The molecule has 0 aliphatic carbocycles. The van der Waals surface area contributed by atoms with Gasteiger partial charge in [0.1, 0.15) is 17.5 Å². The van der Waals surface area contributed by atoms with Gasteiger partial charge in [-0.1, -0.05) is 17.7 Å². The van der Waals surface area contributed by atoms with Gasteiger partial charge in [0.25, 0.3) is 0 Å². The molecule has 0 unspecified atom stereocenters. The second-order valence-electron chi connectivity index (χ2n) is 6.03. The van der Waals surface area contributed by atoms with Crippen molar-refractivity contribution in [2.75, 3.05) is 43.4 Å². The summed E-state index contributed by atoms with van der Waals surface area (Å²) in [5.74, 6) is 2.55. The first-order chi connectivity index (χ1) is 11.0. The number of aryl methyl sites for hydroxylation is 2.